The van der Waals surface area contributed by atoms with Gasteiger partial charge >= 0.3 is 0 Å². The standard InChI is InChI=1S/C7H12FNO2/c8-4-6(10)3-5-1-2-9-7(5)11/h5-6,10H,1-4H2,(H,9,11). The number of amides is 1. The molecule has 0 aliphatic carbocycles. The Kier molecular flexibility index (Phi) is 2.82. The highest BCUT2D eigenvalue weighted by Gasteiger charge is 2.26. The van der Waals surface area contributed by atoms with E-state index in [0.717, 1.165) is 6.42 Å². The maximum absolute atomic E-state index is 11.8. The third-order valence-corrected chi connectivity index (χ3v) is 1.90. The molecule has 0 spiro atoms. The molecule has 0 aromatic heterocycles. The molecule has 1 amide bonds. The van der Waals surface area contributed by atoms with E-state index in [1.165, 1.54) is 0 Å². The topological polar surface area (TPSA) is 49.3 Å². The largest absolute Gasteiger partial charge is 0.390 e. The van der Waals surface area contributed by atoms with Gasteiger partial charge in [0.1, 0.15) is 6.67 Å². The van der Waals surface area contributed by atoms with E-state index in [9.17, 15) is 9.18 Å². The first-order valence-corrected chi connectivity index (χ1v) is 3.75. The SMILES string of the molecule is O=C1NCCC1CC(O)CF. The molecule has 0 saturated carbocycles. The van der Waals surface area contributed by atoms with Crippen molar-refractivity contribution in [3.8, 4) is 0 Å². The summed E-state index contributed by atoms with van der Waals surface area (Å²) < 4.78 is 11.8. The molecule has 2 atom stereocenters. The molecule has 2 N–H and O–H groups in total. The predicted molar refractivity (Wildman–Crippen MR) is 37.7 cm³/mol. The van der Waals surface area contributed by atoms with Crippen LogP contribution in [-0.4, -0.2) is 30.3 Å². The Labute approximate surface area is 64.6 Å². The fourth-order valence-corrected chi connectivity index (χ4v) is 1.26. The Bertz CT molecular complexity index is 151. The minimum atomic E-state index is -0.969. The Morgan fingerprint density at radius 3 is 3.00 bits per heavy atom. The summed E-state index contributed by atoms with van der Waals surface area (Å²) >= 11 is 0. The van der Waals surface area contributed by atoms with Crippen LogP contribution in [0.1, 0.15) is 12.8 Å². The Balaban J connectivity index is 2.30. The lowest BCUT2D eigenvalue weighted by molar-refractivity contribution is -0.123. The second kappa shape index (κ2) is 3.67. The molecule has 0 radical (unpaired) electrons. The van der Waals surface area contributed by atoms with E-state index in [1.807, 2.05) is 0 Å². The van der Waals surface area contributed by atoms with Crippen LogP contribution < -0.4 is 5.32 Å². The van der Waals surface area contributed by atoms with Gasteiger partial charge in [0.05, 0.1) is 6.10 Å². The summed E-state index contributed by atoms with van der Waals surface area (Å²) in [7, 11) is 0. The van der Waals surface area contributed by atoms with E-state index in [0.29, 0.717) is 6.54 Å². The summed E-state index contributed by atoms with van der Waals surface area (Å²) in [4.78, 5) is 10.9. The minimum absolute atomic E-state index is 0.0579. The third kappa shape index (κ3) is 2.15. The maximum Gasteiger partial charge on any atom is 0.223 e. The van der Waals surface area contributed by atoms with Gasteiger partial charge in [0.25, 0.3) is 0 Å². The Hall–Kier alpha value is -0.640. The van der Waals surface area contributed by atoms with Crippen LogP contribution in [0.2, 0.25) is 0 Å². The van der Waals surface area contributed by atoms with Crippen molar-refractivity contribution in [1.82, 2.24) is 5.32 Å². The van der Waals surface area contributed by atoms with Crippen molar-refractivity contribution < 1.29 is 14.3 Å². The lowest BCUT2D eigenvalue weighted by Crippen LogP contribution is -2.23. The number of rotatable bonds is 3. The average molecular weight is 161 g/mol. The van der Waals surface area contributed by atoms with Crippen LogP contribution in [0.3, 0.4) is 0 Å². The molecule has 64 valence electrons. The number of hydrogen-bond donors (Lipinski definition) is 2. The van der Waals surface area contributed by atoms with Crippen molar-refractivity contribution in [3.63, 3.8) is 0 Å². The zero-order valence-corrected chi connectivity index (χ0v) is 6.22. The molecule has 0 bridgehead atoms. The first-order chi connectivity index (χ1) is 5.24. The predicted octanol–water partition coefficient (Wildman–Crippen LogP) is -0.157. The van der Waals surface area contributed by atoms with Gasteiger partial charge in [-0.3, -0.25) is 4.79 Å². The molecule has 1 heterocycles. The van der Waals surface area contributed by atoms with Gasteiger partial charge < -0.3 is 10.4 Å². The molecule has 1 aliphatic heterocycles. The summed E-state index contributed by atoms with van der Waals surface area (Å²) in [6.45, 7) is -0.105. The molecule has 1 saturated heterocycles. The normalized spacial score (nSPS) is 26.7. The fraction of sp³-hybridized carbons (Fsp3) is 0.857. The lowest BCUT2D eigenvalue weighted by atomic mass is 10.0. The number of nitrogens with one attached hydrogen (secondary N) is 1. The minimum Gasteiger partial charge on any atom is -0.390 e. The number of aliphatic hydroxyl groups is 1. The van der Waals surface area contributed by atoms with Crippen molar-refractivity contribution in [2.75, 3.05) is 13.2 Å². The van der Waals surface area contributed by atoms with Crippen molar-refractivity contribution in [2.45, 2.75) is 18.9 Å². The molecule has 4 heteroatoms. The highest BCUT2D eigenvalue weighted by Crippen LogP contribution is 2.15. The highest BCUT2D eigenvalue weighted by molar-refractivity contribution is 5.80. The van der Waals surface area contributed by atoms with Crippen LogP contribution in [0, 0.1) is 5.92 Å². The zero-order chi connectivity index (χ0) is 8.27. The van der Waals surface area contributed by atoms with Gasteiger partial charge in [-0.2, -0.15) is 0 Å². The summed E-state index contributed by atoms with van der Waals surface area (Å²) in [6.07, 6.45) is 0.00181. The fourth-order valence-electron chi connectivity index (χ4n) is 1.26. The van der Waals surface area contributed by atoms with Gasteiger partial charge in [-0.1, -0.05) is 0 Å². The summed E-state index contributed by atoms with van der Waals surface area (Å²) in [5.74, 6) is -0.238. The van der Waals surface area contributed by atoms with E-state index < -0.39 is 12.8 Å². The van der Waals surface area contributed by atoms with Gasteiger partial charge in [0, 0.05) is 12.5 Å². The molecule has 1 fully saturated rings. The number of halogens is 1. The molecule has 1 rings (SSSR count). The number of carbonyl (C=O) groups is 1. The number of carbonyl (C=O) groups excluding carboxylic acids is 1. The highest BCUT2D eigenvalue weighted by atomic mass is 19.1. The molecular weight excluding hydrogens is 149 g/mol. The van der Waals surface area contributed by atoms with Crippen LogP contribution in [0.4, 0.5) is 4.39 Å². The van der Waals surface area contributed by atoms with Gasteiger partial charge in [0.15, 0.2) is 0 Å². The number of alkyl halides is 1. The van der Waals surface area contributed by atoms with Crippen molar-refractivity contribution >= 4 is 5.91 Å². The lowest BCUT2D eigenvalue weighted by Gasteiger charge is -2.09. The van der Waals surface area contributed by atoms with Crippen LogP contribution >= 0.6 is 0 Å². The molecule has 3 nitrogen and oxygen atoms in total. The summed E-state index contributed by atoms with van der Waals surface area (Å²) in [5.41, 5.74) is 0. The third-order valence-electron chi connectivity index (χ3n) is 1.90. The van der Waals surface area contributed by atoms with E-state index in [-0.39, 0.29) is 18.2 Å². The number of hydrogen-bond acceptors (Lipinski definition) is 2. The maximum atomic E-state index is 11.8. The van der Waals surface area contributed by atoms with Crippen molar-refractivity contribution in [3.05, 3.63) is 0 Å². The van der Waals surface area contributed by atoms with Gasteiger partial charge in [-0.05, 0) is 12.8 Å². The van der Waals surface area contributed by atoms with Gasteiger partial charge in [0.2, 0.25) is 5.91 Å². The molecule has 0 aromatic rings. The molecule has 11 heavy (non-hydrogen) atoms. The quantitative estimate of drug-likeness (QED) is 0.604. The summed E-state index contributed by atoms with van der Waals surface area (Å²) in [5, 5.41) is 11.5. The second-order valence-electron chi connectivity index (χ2n) is 2.82. The van der Waals surface area contributed by atoms with Crippen molar-refractivity contribution in [2.24, 2.45) is 5.92 Å². The van der Waals surface area contributed by atoms with Gasteiger partial charge in [-0.15, -0.1) is 0 Å². The van der Waals surface area contributed by atoms with Crippen LogP contribution in [0.25, 0.3) is 0 Å². The molecule has 0 aromatic carbocycles. The van der Waals surface area contributed by atoms with Crippen LogP contribution in [-0.2, 0) is 4.79 Å². The van der Waals surface area contributed by atoms with E-state index >= 15 is 0 Å². The van der Waals surface area contributed by atoms with E-state index in [4.69, 9.17) is 5.11 Å². The number of aliphatic hydroxyl groups excluding tert-OH is 1. The molecule has 2 unspecified atom stereocenters. The first kappa shape index (κ1) is 8.46. The van der Waals surface area contributed by atoms with Gasteiger partial charge in [-0.25, -0.2) is 4.39 Å². The molecular formula is C7H12FNO2. The monoisotopic (exact) mass is 161 g/mol. The Morgan fingerprint density at radius 2 is 2.55 bits per heavy atom. The average Bonchev–Trinajstić information content (AvgIpc) is 2.37. The summed E-state index contributed by atoms with van der Waals surface area (Å²) in [6, 6.07) is 0. The van der Waals surface area contributed by atoms with Crippen molar-refractivity contribution in [1.29, 1.82) is 0 Å². The first-order valence-electron chi connectivity index (χ1n) is 3.75. The Morgan fingerprint density at radius 1 is 1.82 bits per heavy atom. The zero-order valence-electron chi connectivity index (χ0n) is 6.22. The van der Waals surface area contributed by atoms with E-state index in [2.05, 4.69) is 5.32 Å². The second-order valence-corrected chi connectivity index (χ2v) is 2.82. The molecule has 1 aliphatic rings. The van der Waals surface area contributed by atoms with E-state index in [1.54, 1.807) is 0 Å². The smallest absolute Gasteiger partial charge is 0.223 e. The van der Waals surface area contributed by atoms with Crippen LogP contribution in [0.5, 0.6) is 0 Å². The van der Waals surface area contributed by atoms with Crippen LogP contribution in [0.15, 0.2) is 0 Å².